The standard InChI is InChI=1S/C13H18O3/c1-10(14)8-9-11(2)16-13(15)12-6-4-3-5-7-12/h3-7,10-11,14H,8-9H2,1-2H3. The first-order valence-electron chi connectivity index (χ1n) is 5.53. The average Bonchev–Trinajstić information content (AvgIpc) is 2.27. The maximum atomic E-state index is 11.6. The van der Waals surface area contributed by atoms with Crippen LogP contribution in [0.4, 0.5) is 0 Å². The minimum absolute atomic E-state index is 0.165. The van der Waals surface area contributed by atoms with Crippen LogP contribution in [-0.4, -0.2) is 23.3 Å². The van der Waals surface area contributed by atoms with E-state index >= 15 is 0 Å². The molecular formula is C13H18O3. The van der Waals surface area contributed by atoms with Gasteiger partial charge in [0.2, 0.25) is 0 Å². The third-order valence-corrected chi connectivity index (χ3v) is 2.31. The summed E-state index contributed by atoms with van der Waals surface area (Å²) in [7, 11) is 0. The Hall–Kier alpha value is -1.35. The van der Waals surface area contributed by atoms with Crippen molar-refractivity contribution in [2.75, 3.05) is 0 Å². The van der Waals surface area contributed by atoms with Gasteiger partial charge in [0.1, 0.15) is 0 Å². The molecule has 3 heteroatoms. The Morgan fingerprint density at radius 3 is 2.44 bits per heavy atom. The van der Waals surface area contributed by atoms with Crippen molar-refractivity contribution < 1.29 is 14.6 Å². The van der Waals surface area contributed by atoms with Crippen molar-refractivity contribution in [3.8, 4) is 0 Å². The topological polar surface area (TPSA) is 46.5 Å². The summed E-state index contributed by atoms with van der Waals surface area (Å²) in [6, 6.07) is 8.91. The fourth-order valence-electron chi connectivity index (χ4n) is 1.36. The number of carbonyl (C=O) groups is 1. The summed E-state index contributed by atoms with van der Waals surface area (Å²) in [5, 5.41) is 9.11. The van der Waals surface area contributed by atoms with Gasteiger partial charge in [0, 0.05) is 0 Å². The predicted molar refractivity (Wildman–Crippen MR) is 62.2 cm³/mol. The largest absolute Gasteiger partial charge is 0.459 e. The fourth-order valence-corrected chi connectivity index (χ4v) is 1.36. The highest BCUT2D eigenvalue weighted by molar-refractivity contribution is 5.89. The van der Waals surface area contributed by atoms with Gasteiger partial charge < -0.3 is 9.84 Å². The van der Waals surface area contributed by atoms with Crippen LogP contribution in [0.2, 0.25) is 0 Å². The van der Waals surface area contributed by atoms with E-state index < -0.39 is 0 Å². The molecule has 0 radical (unpaired) electrons. The quantitative estimate of drug-likeness (QED) is 0.778. The van der Waals surface area contributed by atoms with Crippen molar-refractivity contribution in [2.45, 2.75) is 38.9 Å². The normalized spacial score (nSPS) is 14.2. The van der Waals surface area contributed by atoms with Crippen LogP contribution < -0.4 is 0 Å². The molecule has 1 N–H and O–H groups in total. The Morgan fingerprint density at radius 2 is 1.88 bits per heavy atom. The number of rotatable bonds is 5. The number of benzene rings is 1. The maximum absolute atomic E-state index is 11.6. The zero-order valence-corrected chi connectivity index (χ0v) is 9.72. The van der Waals surface area contributed by atoms with Crippen molar-refractivity contribution in [1.29, 1.82) is 0 Å². The van der Waals surface area contributed by atoms with Crippen LogP contribution in [0.5, 0.6) is 0 Å². The fraction of sp³-hybridized carbons (Fsp3) is 0.462. The Kier molecular flexibility index (Phi) is 4.99. The summed E-state index contributed by atoms with van der Waals surface area (Å²) >= 11 is 0. The Bertz CT molecular complexity index is 319. The second-order valence-corrected chi connectivity index (χ2v) is 4.01. The summed E-state index contributed by atoms with van der Waals surface area (Å²) in [4.78, 5) is 11.6. The van der Waals surface area contributed by atoms with Gasteiger partial charge in [0.05, 0.1) is 17.8 Å². The molecule has 1 rings (SSSR count). The lowest BCUT2D eigenvalue weighted by Crippen LogP contribution is -2.16. The molecule has 2 atom stereocenters. The van der Waals surface area contributed by atoms with Crippen LogP contribution in [0, 0.1) is 0 Å². The predicted octanol–water partition coefficient (Wildman–Crippen LogP) is 2.39. The number of aliphatic hydroxyl groups is 1. The highest BCUT2D eigenvalue weighted by Gasteiger charge is 2.11. The zero-order valence-electron chi connectivity index (χ0n) is 9.72. The first-order chi connectivity index (χ1) is 7.59. The number of hydrogen-bond acceptors (Lipinski definition) is 3. The number of aliphatic hydroxyl groups excluding tert-OH is 1. The lowest BCUT2D eigenvalue weighted by Gasteiger charge is -2.13. The van der Waals surface area contributed by atoms with Crippen molar-refractivity contribution in [1.82, 2.24) is 0 Å². The van der Waals surface area contributed by atoms with E-state index in [4.69, 9.17) is 9.84 Å². The highest BCUT2D eigenvalue weighted by atomic mass is 16.5. The molecule has 0 saturated heterocycles. The van der Waals surface area contributed by atoms with Gasteiger partial charge in [-0.25, -0.2) is 4.79 Å². The van der Waals surface area contributed by atoms with E-state index in [9.17, 15) is 4.79 Å². The summed E-state index contributed by atoms with van der Waals surface area (Å²) in [5.74, 6) is -0.307. The molecule has 3 nitrogen and oxygen atoms in total. The molecule has 0 saturated carbocycles. The van der Waals surface area contributed by atoms with Gasteiger partial charge in [-0.2, -0.15) is 0 Å². The first-order valence-corrected chi connectivity index (χ1v) is 5.53. The van der Waals surface area contributed by atoms with Crippen molar-refractivity contribution in [3.05, 3.63) is 35.9 Å². The van der Waals surface area contributed by atoms with Crippen LogP contribution in [0.3, 0.4) is 0 Å². The van der Waals surface area contributed by atoms with E-state index in [1.165, 1.54) is 0 Å². The molecular weight excluding hydrogens is 204 g/mol. The number of ether oxygens (including phenoxy) is 1. The maximum Gasteiger partial charge on any atom is 0.338 e. The summed E-state index contributed by atoms with van der Waals surface area (Å²) in [5.41, 5.74) is 0.561. The molecule has 1 aromatic rings. The molecule has 2 unspecified atom stereocenters. The van der Waals surface area contributed by atoms with E-state index in [1.807, 2.05) is 13.0 Å². The zero-order chi connectivity index (χ0) is 12.0. The third-order valence-electron chi connectivity index (χ3n) is 2.31. The van der Waals surface area contributed by atoms with Crippen LogP contribution in [0.25, 0.3) is 0 Å². The smallest absolute Gasteiger partial charge is 0.338 e. The molecule has 0 amide bonds. The van der Waals surface area contributed by atoms with Gasteiger partial charge in [0.25, 0.3) is 0 Å². The van der Waals surface area contributed by atoms with Crippen LogP contribution >= 0.6 is 0 Å². The van der Waals surface area contributed by atoms with E-state index in [0.29, 0.717) is 18.4 Å². The summed E-state index contributed by atoms with van der Waals surface area (Å²) in [6.45, 7) is 3.56. The van der Waals surface area contributed by atoms with E-state index in [0.717, 1.165) is 0 Å². The second-order valence-electron chi connectivity index (χ2n) is 4.01. The highest BCUT2D eigenvalue weighted by Crippen LogP contribution is 2.08. The number of carbonyl (C=O) groups excluding carboxylic acids is 1. The minimum Gasteiger partial charge on any atom is -0.459 e. The molecule has 88 valence electrons. The van der Waals surface area contributed by atoms with E-state index in [1.54, 1.807) is 31.2 Å². The van der Waals surface area contributed by atoms with Gasteiger partial charge in [0.15, 0.2) is 0 Å². The summed E-state index contributed by atoms with van der Waals surface area (Å²) < 4.78 is 5.24. The summed E-state index contributed by atoms with van der Waals surface area (Å²) in [6.07, 6.45) is 0.805. The van der Waals surface area contributed by atoms with Crippen molar-refractivity contribution in [2.24, 2.45) is 0 Å². The molecule has 0 bridgehead atoms. The SMILES string of the molecule is CC(O)CCC(C)OC(=O)c1ccccc1. The Balaban J connectivity index is 2.40. The van der Waals surface area contributed by atoms with Crippen LogP contribution in [0.1, 0.15) is 37.0 Å². The van der Waals surface area contributed by atoms with Crippen LogP contribution in [-0.2, 0) is 4.74 Å². The van der Waals surface area contributed by atoms with E-state index in [-0.39, 0.29) is 18.2 Å². The monoisotopic (exact) mass is 222 g/mol. The van der Waals surface area contributed by atoms with Gasteiger partial charge in [-0.3, -0.25) is 0 Å². The Labute approximate surface area is 96.1 Å². The van der Waals surface area contributed by atoms with Crippen LogP contribution in [0.15, 0.2) is 30.3 Å². The minimum atomic E-state index is -0.349. The average molecular weight is 222 g/mol. The molecule has 0 aliphatic carbocycles. The second kappa shape index (κ2) is 6.28. The molecule has 16 heavy (non-hydrogen) atoms. The lowest BCUT2D eigenvalue weighted by atomic mass is 10.1. The Morgan fingerprint density at radius 1 is 1.25 bits per heavy atom. The molecule has 0 fully saturated rings. The molecule has 0 aliphatic heterocycles. The number of hydrogen-bond donors (Lipinski definition) is 1. The third kappa shape index (κ3) is 4.45. The molecule has 0 aliphatic rings. The van der Waals surface area contributed by atoms with Crippen molar-refractivity contribution >= 4 is 5.97 Å². The van der Waals surface area contributed by atoms with Gasteiger partial charge in [-0.05, 0) is 38.8 Å². The molecule has 0 spiro atoms. The van der Waals surface area contributed by atoms with Gasteiger partial charge >= 0.3 is 5.97 Å². The van der Waals surface area contributed by atoms with Gasteiger partial charge in [-0.15, -0.1) is 0 Å². The van der Waals surface area contributed by atoms with Crippen molar-refractivity contribution in [3.63, 3.8) is 0 Å². The molecule has 1 aromatic carbocycles. The molecule has 0 heterocycles. The first kappa shape index (κ1) is 12.7. The van der Waals surface area contributed by atoms with Gasteiger partial charge in [-0.1, -0.05) is 18.2 Å². The lowest BCUT2D eigenvalue weighted by molar-refractivity contribution is 0.0290. The molecule has 0 aromatic heterocycles. The van der Waals surface area contributed by atoms with E-state index in [2.05, 4.69) is 0 Å². The number of esters is 1.